The second kappa shape index (κ2) is 7.74. The van der Waals surface area contributed by atoms with Crippen molar-refractivity contribution in [2.24, 2.45) is 17.3 Å². The van der Waals surface area contributed by atoms with E-state index in [1.807, 2.05) is 57.7 Å². The molecule has 2 aromatic rings. The second-order valence-electron chi connectivity index (χ2n) is 11.0. The summed E-state index contributed by atoms with van der Waals surface area (Å²) in [6.45, 7) is 11.1. The van der Waals surface area contributed by atoms with Crippen LogP contribution in [0.3, 0.4) is 0 Å². The third kappa shape index (κ3) is 3.38. The molecule has 180 valence electrons. The maximum Gasteiger partial charge on any atom is 0.240 e. The highest BCUT2D eigenvalue weighted by molar-refractivity contribution is 6.25. The first-order valence-electron chi connectivity index (χ1n) is 12.0. The van der Waals surface area contributed by atoms with Crippen LogP contribution < -0.4 is 9.80 Å². The number of benzene rings is 2. The number of allylic oxidation sites excluding steroid dienone is 1. The van der Waals surface area contributed by atoms with Crippen molar-refractivity contribution in [1.29, 1.82) is 0 Å². The molecule has 0 aromatic heterocycles. The van der Waals surface area contributed by atoms with E-state index >= 15 is 0 Å². The molecule has 4 atom stereocenters. The fourth-order valence-corrected chi connectivity index (χ4v) is 5.80. The molecule has 3 aliphatic rings. The topological polar surface area (TPSA) is 74.8 Å². The van der Waals surface area contributed by atoms with Gasteiger partial charge in [0.25, 0.3) is 0 Å². The molecule has 0 radical (unpaired) electrons. The zero-order valence-corrected chi connectivity index (χ0v) is 21.0. The SMILES string of the molecule is CC(=O)c1ccc(N2C(=O)[C@H]3[C@H](C2=O)[C@@H](C(=O)C(C)(C)C)N2c4ccc(C)cc4C(C)=C[C@H]32)cc1. The Morgan fingerprint density at radius 1 is 0.886 bits per heavy atom. The summed E-state index contributed by atoms with van der Waals surface area (Å²) in [5.41, 5.74) is 4.33. The van der Waals surface area contributed by atoms with Crippen LogP contribution in [0, 0.1) is 24.2 Å². The van der Waals surface area contributed by atoms with Crippen LogP contribution in [0.1, 0.15) is 56.1 Å². The average molecular weight is 471 g/mol. The molecule has 6 heteroatoms. The van der Waals surface area contributed by atoms with Crippen LogP contribution in [0.25, 0.3) is 5.57 Å². The Hall–Kier alpha value is -3.54. The van der Waals surface area contributed by atoms with Crippen LogP contribution >= 0.6 is 0 Å². The van der Waals surface area contributed by atoms with Crippen molar-refractivity contribution in [2.75, 3.05) is 9.80 Å². The zero-order valence-electron chi connectivity index (χ0n) is 21.0. The Bertz CT molecular complexity index is 1320. The van der Waals surface area contributed by atoms with Gasteiger partial charge in [-0.2, -0.15) is 0 Å². The molecule has 6 nitrogen and oxygen atoms in total. The molecule has 3 aliphatic heterocycles. The van der Waals surface area contributed by atoms with Crippen molar-refractivity contribution in [3.05, 3.63) is 65.2 Å². The van der Waals surface area contributed by atoms with Gasteiger partial charge in [-0.1, -0.05) is 38.5 Å². The molecule has 0 spiro atoms. The van der Waals surface area contributed by atoms with E-state index < -0.39 is 23.3 Å². The zero-order chi connectivity index (χ0) is 25.4. The number of nitrogens with zero attached hydrogens (tertiary/aromatic N) is 2. The summed E-state index contributed by atoms with van der Waals surface area (Å²) < 4.78 is 0. The Morgan fingerprint density at radius 3 is 2.11 bits per heavy atom. The quantitative estimate of drug-likeness (QED) is 0.484. The van der Waals surface area contributed by atoms with E-state index in [1.165, 1.54) is 11.8 Å². The van der Waals surface area contributed by atoms with Crippen LogP contribution in [0.5, 0.6) is 0 Å². The van der Waals surface area contributed by atoms with Crippen LogP contribution in [-0.2, 0) is 14.4 Å². The molecule has 2 amide bonds. The number of fused-ring (bicyclic) bond motifs is 5. The fourth-order valence-electron chi connectivity index (χ4n) is 5.80. The van der Waals surface area contributed by atoms with Crippen molar-refractivity contribution in [1.82, 2.24) is 0 Å². The van der Waals surface area contributed by atoms with Gasteiger partial charge in [-0.25, -0.2) is 4.90 Å². The minimum absolute atomic E-state index is 0.0515. The molecule has 3 heterocycles. The van der Waals surface area contributed by atoms with E-state index in [-0.39, 0.29) is 29.4 Å². The number of ketones is 2. The summed E-state index contributed by atoms with van der Waals surface area (Å²) in [5.74, 6) is -2.22. The van der Waals surface area contributed by atoms with Crippen LogP contribution in [0.4, 0.5) is 11.4 Å². The lowest BCUT2D eigenvalue weighted by Gasteiger charge is -2.39. The molecular weight excluding hydrogens is 440 g/mol. The Morgan fingerprint density at radius 2 is 1.51 bits per heavy atom. The third-order valence-corrected chi connectivity index (χ3v) is 7.54. The Labute approximate surface area is 205 Å². The van der Waals surface area contributed by atoms with Gasteiger partial charge in [0.05, 0.1) is 23.6 Å². The van der Waals surface area contributed by atoms with Gasteiger partial charge < -0.3 is 4.90 Å². The molecule has 0 aliphatic carbocycles. The van der Waals surface area contributed by atoms with E-state index in [1.54, 1.807) is 24.3 Å². The summed E-state index contributed by atoms with van der Waals surface area (Å²) in [6.07, 6.45) is 2.04. The van der Waals surface area contributed by atoms with Crippen molar-refractivity contribution in [3.63, 3.8) is 0 Å². The summed E-state index contributed by atoms with van der Waals surface area (Å²) in [7, 11) is 0. The van der Waals surface area contributed by atoms with Crippen LogP contribution in [0.2, 0.25) is 0 Å². The molecule has 35 heavy (non-hydrogen) atoms. The van der Waals surface area contributed by atoms with Crippen molar-refractivity contribution in [3.8, 4) is 0 Å². The minimum atomic E-state index is -0.775. The van der Waals surface area contributed by atoms with Crippen molar-refractivity contribution < 1.29 is 19.2 Å². The fraction of sp³-hybridized carbons (Fsp3) is 0.379. The molecule has 0 bridgehead atoms. The molecule has 2 aromatic carbocycles. The van der Waals surface area contributed by atoms with Gasteiger partial charge in [0.2, 0.25) is 11.8 Å². The Balaban J connectivity index is 1.65. The number of carbonyl (C=O) groups excluding carboxylic acids is 4. The highest BCUT2D eigenvalue weighted by Crippen LogP contribution is 2.51. The first-order valence-corrected chi connectivity index (χ1v) is 12.0. The van der Waals surface area contributed by atoms with Gasteiger partial charge in [0, 0.05) is 22.2 Å². The van der Waals surface area contributed by atoms with E-state index in [9.17, 15) is 19.2 Å². The van der Waals surface area contributed by atoms with E-state index in [0.29, 0.717) is 11.3 Å². The smallest absolute Gasteiger partial charge is 0.240 e. The maximum atomic E-state index is 13.9. The highest BCUT2D eigenvalue weighted by atomic mass is 16.2. The second-order valence-corrected chi connectivity index (χ2v) is 11.0. The molecule has 2 fully saturated rings. The Kier molecular flexibility index (Phi) is 5.13. The lowest BCUT2D eigenvalue weighted by Crippen LogP contribution is -2.51. The van der Waals surface area contributed by atoms with Crippen LogP contribution in [0.15, 0.2) is 48.5 Å². The first-order chi connectivity index (χ1) is 16.4. The molecule has 0 saturated carbocycles. The lowest BCUT2D eigenvalue weighted by molar-refractivity contribution is -0.132. The minimum Gasteiger partial charge on any atom is -0.353 e. The molecular formula is C29H30N2O4. The van der Waals surface area contributed by atoms with E-state index in [2.05, 4.69) is 6.07 Å². The number of aryl methyl sites for hydroxylation is 1. The van der Waals surface area contributed by atoms with E-state index in [0.717, 1.165) is 22.4 Å². The number of amides is 2. The monoisotopic (exact) mass is 470 g/mol. The number of carbonyl (C=O) groups is 4. The number of hydrogen-bond donors (Lipinski definition) is 0. The lowest BCUT2D eigenvalue weighted by atomic mass is 9.79. The summed E-state index contributed by atoms with van der Waals surface area (Å²) in [6, 6.07) is 11.5. The summed E-state index contributed by atoms with van der Waals surface area (Å²) in [5, 5.41) is 0. The number of Topliss-reactive ketones (excluding diaryl/α,β-unsaturated/α-hetero) is 2. The van der Waals surface area contributed by atoms with Gasteiger partial charge in [0.15, 0.2) is 11.6 Å². The molecule has 2 saturated heterocycles. The summed E-state index contributed by atoms with van der Waals surface area (Å²) >= 11 is 0. The normalized spacial score (nSPS) is 25.3. The van der Waals surface area contributed by atoms with Gasteiger partial charge in [-0.15, -0.1) is 0 Å². The van der Waals surface area contributed by atoms with Gasteiger partial charge >= 0.3 is 0 Å². The standard InChI is InChI=1S/C29H30N2O4/c1-15-7-12-21-20(13-15)16(2)14-22-23-24(25(31(21)22)26(33)29(4,5)6)28(35)30(27(23)34)19-10-8-18(9-11-19)17(3)32/h7-14,22-25H,1-6H3/t22-,23-,24+,25+/m1/s1. The predicted molar refractivity (Wildman–Crippen MR) is 135 cm³/mol. The third-order valence-electron chi connectivity index (χ3n) is 7.54. The van der Waals surface area contributed by atoms with Crippen LogP contribution in [-0.4, -0.2) is 35.5 Å². The van der Waals surface area contributed by atoms with E-state index in [4.69, 9.17) is 0 Å². The number of anilines is 2. The largest absolute Gasteiger partial charge is 0.353 e. The maximum absolute atomic E-state index is 13.9. The molecule has 5 rings (SSSR count). The van der Waals surface area contributed by atoms with Crippen molar-refractivity contribution in [2.45, 2.75) is 53.6 Å². The number of rotatable bonds is 3. The number of imide groups is 1. The van der Waals surface area contributed by atoms with Gasteiger partial charge in [-0.3, -0.25) is 19.2 Å². The van der Waals surface area contributed by atoms with Crippen molar-refractivity contribution >= 4 is 40.3 Å². The molecule has 0 N–H and O–H groups in total. The summed E-state index contributed by atoms with van der Waals surface area (Å²) in [4.78, 5) is 56.5. The number of hydrogen-bond acceptors (Lipinski definition) is 5. The molecule has 0 unspecified atom stereocenters. The average Bonchev–Trinajstić information content (AvgIpc) is 3.25. The highest BCUT2D eigenvalue weighted by Gasteiger charge is 2.65. The van der Waals surface area contributed by atoms with Gasteiger partial charge in [-0.05, 0) is 62.7 Å². The van der Waals surface area contributed by atoms with Gasteiger partial charge in [0.1, 0.15) is 6.04 Å². The predicted octanol–water partition coefficient (Wildman–Crippen LogP) is 4.59. The first kappa shape index (κ1) is 23.2.